The van der Waals surface area contributed by atoms with Gasteiger partial charge in [0.05, 0.1) is 0 Å². The molecule has 0 saturated heterocycles. The summed E-state index contributed by atoms with van der Waals surface area (Å²) in [7, 11) is 1.66. The van der Waals surface area contributed by atoms with E-state index in [2.05, 4.69) is 23.0 Å². The summed E-state index contributed by atoms with van der Waals surface area (Å²) in [5, 5.41) is 3.99. The lowest BCUT2D eigenvalue weighted by atomic mass is 9.93. The average Bonchev–Trinajstić information content (AvgIpc) is 3.33. The molecule has 1 aliphatic carbocycles. The molecule has 0 spiro atoms. The van der Waals surface area contributed by atoms with Crippen LogP contribution >= 0.6 is 0 Å². The third-order valence-corrected chi connectivity index (χ3v) is 4.57. The molecule has 0 aromatic carbocycles. The van der Waals surface area contributed by atoms with E-state index < -0.39 is 0 Å². The first-order valence-electron chi connectivity index (χ1n) is 9.35. The highest BCUT2D eigenvalue weighted by Crippen LogP contribution is 2.45. The molecular formula is C19H30N4O4. The SMILES string of the molecule is CCCCC(=O)NC.NC=O.O=CN1Oc2ncccc2C1C1CCCC1. The highest BCUT2D eigenvalue weighted by Gasteiger charge is 2.39. The molecule has 1 aliphatic heterocycles. The second-order valence-corrected chi connectivity index (χ2v) is 6.36. The minimum Gasteiger partial charge on any atom is -0.372 e. The monoisotopic (exact) mass is 378 g/mol. The summed E-state index contributed by atoms with van der Waals surface area (Å²) in [6.07, 6.45) is 10.3. The standard InChI is InChI=1S/C12H14N2O2.C6H13NO.CH3NO/c15-8-14-11(9-4-1-2-5-9)10-6-3-7-13-12(10)16-14;1-3-4-5-6(8)7-2;2-1-3/h3,6-9,11H,1-2,4-5H2;3-5H2,1-2H3,(H,7,8);1H,(H2,2,3). The van der Waals surface area contributed by atoms with Crippen molar-refractivity contribution in [2.24, 2.45) is 11.7 Å². The molecule has 2 aliphatic rings. The Morgan fingerprint density at radius 3 is 2.63 bits per heavy atom. The lowest BCUT2D eigenvalue weighted by Crippen LogP contribution is -2.29. The fraction of sp³-hybridized carbons (Fsp3) is 0.579. The number of amides is 3. The van der Waals surface area contributed by atoms with Crippen molar-refractivity contribution in [1.82, 2.24) is 15.4 Å². The van der Waals surface area contributed by atoms with E-state index in [1.165, 1.54) is 30.7 Å². The normalized spacial score (nSPS) is 17.4. The number of nitrogens with one attached hydrogen (secondary N) is 1. The molecule has 2 heterocycles. The Balaban J connectivity index is 0.000000282. The highest BCUT2D eigenvalue weighted by atomic mass is 16.7. The van der Waals surface area contributed by atoms with Crippen molar-refractivity contribution < 1.29 is 19.2 Å². The van der Waals surface area contributed by atoms with Gasteiger partial charge in [-0.05, 0) is 37.3 Å². The molecule has 3 N–H and O–H groups in total. The zero-order valence-corrected chi connectivity index (χ0v) is 16.1. The van der Waals surface area contributed by atoms with Gasteiger partial charge in [0, 0.05) is 25.2 Å². The second-order valence-electron chi connectivity index (χ2n) is 6.36. The Kier molecular flexibility index (Phi) is 10.5. The van der Waals surface area contributed by atoms with Crippen molar-refractivity contribution >= 4 is 18.7 Å². The number of hydrogen-bond donors (Lipinski definition) is 2. The molecule has 1 unspecified atom stereocenters. The van der Waals surface area contributed by atoms with Gasteiger partial charge in [0.1, 0.15) is 6.04 Å². The third-order valence-electron chi connectivity index (χ3n) is 4.57. The van der Waals surface area contributed by atoms with E-state index in [1.807, 2.05) is 12.1 Å². The Labute approximate surface area is 160 Å². The minimum atomic E-state index is 0.0729. The number of pyridine rings is 1. The fourth-order valence-corrected chi connectivity index (χ4v) is 3.28. The van der Waals surface area contributed by atoms with E-state index in [0.717, 1.165) is 24.8 Å². The molecule has 1 aromatic rings. The van der Waals surface area contributed by atoms with Crippen LogP contribution in [0.1, 0.15) is 63.5 Å². The number of aromatic nitrogens is 1. The maximum absolute atomic E-state index is 11.0. The summed E-state index contributed by atoms with van der Waals surface area (Å²) < 4.78 is 0. The van der Waals surface area contributed by atoms with E-state index in [9.17, 15) is 9.59 Å². The smallest absolute Gasteiger partial charge is 0.251 e. The van der Waals surface area contributed by atoms with Crippen LogP contribution in [0, 0.1) is 5.92 Å². The summed E-state index contributed by atoms with van der Waals surface area (Å²) in [4.78, 5) is 39.7. The van der Waals surface area contributed by atoms with Gasteiger partial charge in [-0.3, -0.25) is 14.4 Å². The molecule has 8 nitrogen and oxygen atoms in total. The van der Waals surface area contributed by atoms with Crippen molar-refractivity contribution in [2.45, 2.75) is 57.9 Å². The number of primary amides is 1. The maximum atomic E-state index is 11.0. The predicted molar refractivity (Wildman–Crippen MR) is 101 cm³/mol. The molecular weight excluding hydrogens is 348 g/mol. The maximum Gasteiger partial charge on any atom is 0.251 e. The predicted octanol–water partition coefficient (Wildman–Crippen LogP) is 2.10. The lowest BCUT2D eigenvalue weighted by molar-refractivity contribution is -0.149. The number of nitrogens with zero attached hydrogens (tertiary/aromatic N) is 2. The molecule has 1 aromatic heterocycles. The topological polar surface area (TPSA) is 115 Å². The van der Waals surface area contributed by atoms with E-state index in [4.69, 9.17) is 9.63 Å². The Morgan fingerprint density at radius 1 is 1.41 bits per heavy atom. The summed E-state index contributed by atoms with van der Waals surface area (Å²) in [5.41, 5.74) is 5.22. The van der Waals surface area contributed by atoms with Crippen LogP contribution in [0.5, 0.6) is 5.88 Å². The van der Waals surface area contributed by atoms with Crippen LogP contribution in [0.3, 0.4) is 0 Å². The van der Waals surface area contributed by atoms with Crippen molar-refractivity contribution in [1.29, 1.82) is 0 Å². The Bertz CT molecular complexity index is 591. The molecule has 3 amide bonds. The molecule has 0 radical (unpaired) electrons. The largest absolute Gasteiger partial charge is 0.372 e. The van der Waals surface area contributed by atoms with Gasteiger partial charge in [-0.1, -0.05) is 26.2 Å². The van der Waals surface area contributed by atoms with Gasteiger partial charge in [-0.25, -0.2) is 4.98 Å². The number of hydrogen-bond acceptors (Lipinski definition) is 5. The van der Waals surface area contributed by atoms with Gasteiger partial charge in [0.25, 0.3) is 5.88 Å². The van der Waals surface area contributed by atoms with Crippen molar-refractivity contribution in [3.63, 3.8) is 0 Å². The molecule has 0 bridgehead atoms. The van der Waals surface area contributed by atoms with Gasteiger partial charge >= 0.3 is 0 Å². The van der Waals surface area contributed by atoms with Gasteiger partial charge in [-0.2, -0.15) is 5.06 Å². The Morgan fingerprint density at radius 2 is 2.07 bits per heavy atom. The van der Waals surface area contributed by atoms with Crippen molar-refractivity contribution in [3.05, 3.63) is 23.9 Å². The summed E-state index contributed by atoms with van der Waals surface area (Å²) >= 11 is 0. The van der Waals surface area contributed by atoms with Gasteiger partial charge in [0.2, 0.25) is 18.7 Å². The van der Waals surface area contributed by atoms with E-state index >= 15 is 0 Å². The van der Waals surface area contributed by atoms with Crippen LogP contribution in [-0.2, 0) is 14.4 Å². The summed E-state index contributed by atoms with van der Waals surface area (Å²) in [6, 6.07) is 3.98. The molecule has 1 atom stereocenters. The van der Waals surface area contributed by atoms with Crippen LogP contribution in [0.25, 0.3) is 0 Å². The van der Waals surface area contributed by atoms with Crippen molar-refractivity contribution in [3.8, 4) is 5.88 Å². The van der Waals surface area contributed by atoms with Gasteiger partial charge in [-0.15, -0.1) is 0 Å². The number of hydroxylamine groups is 2. The highest BCUT2D eigenvalue weighted by molar-refractivity contribution is 5.75. The van der Waals surface area contributed by atoms with Crippen LogP contribution in [0.4, 0.5) is 0 Å². The number of carbonyl (C=O) groups is 3. The number of unbranched alkanes of at least 4 members (excludes halogenated alkanes) is 1. The molecule has 3 rings (SSSR count). The number of carbonyl (C=O) groups excluding carboxylic acids is 3. The summed E-state index contributed by atoms with van der Waals surface area (Å²) in [5.74, 6) is 1.26. The molecule has 1 fully saturated rings. The molecule has 150 valence electrons. The number of rotatable bonds is 5. The lowest BCUT2D eigenvalue weighted by Gasteiger charge is -2.23. The van der Waals surface area contributed by atoms with Crippen LogP contribution in [0.2, 0.25) is 0 Å². The molecule has 8 heteroatoms. The van der Waals surface area contributed by atoms with Crippen LogP contribution < -0.4 is 15.9 Å². The van der Waals surface area contributed by atoms with Crippen LogP contribution in [0.15, 0.2) is 18.3 Å². The second kappa shape index (κ2) is 12.7. The zero-order valence-electron chi connectivity index (χ0n) is 16.1. The first-order valence-corrected chi connectivity index (χ1v) is 9.35. The summed E-state index contributed by atoms with van der Waals surface area (Å²) in [6.45, 7) is 2.07. The zero-order chi connectivity index (χ0) is 20.1. The van der Waals surface area contributed by atoms with E-state index in [0.29, 0.717) is 18.2 Å². The first-order chi connectivity index (χ1) is 13.1. The average molecular weight is 378 g/mol. The van der Waals surface area contributed by atoms with Gasteiger partial charge in [0.15, 0.2) is 0 Å². The van der Waals surface area contributed by atoms with E-state index in [-0.39, 0.29) is 18.4 Å². The van der Waals surface area contributed by atoms with Crippen LogP contribution in [-0.4, -0.2) is 35.8 Å². The molecule has 1 saturated carbocycles. The van der Waals surface area contributed by atoms with E-state index in [1.54, 1.807) is 13.2 Å². The first kappa shape index (κ1) is 22.4. The quantitative estimate of drug-likeness (QED) is 0.762. The molecule has 27 heavy (non-hydrogen) atoms. The van der Waals surface area contributed by atoms with Gasteiger partial charge < -0.3 is 15.9 Å². The minimum absolute atomic E-state index is 0.0729. The number of nitrogens with two attached hydrogens (primary N) is 1. The number of fused-ring (bicyclic) bond motifs is 1. The Hall–Kier alpha value is -2.64. The van der Waals surface area contributed by atoms with Crippen molar-refractivity contribution in [2.75, 3.05) is 7.05 Å². The third kappa shape index (κ3) is 6.88. The fourth-order valence-electron chi connectivity index (χ4n) is 3.28.